The Morgan fingerprint density at radius 2 is 2.10 bits per heavy atom. The molecule has 8 heteroatoms. The molecule has 1 aliphatic heterocycles. The van der Waals surface area contributed by atoms with Crippen molar-refractivity contribution in [2.45, 2.75) is 31.8 Å². The predicted molar refractivity (Wildman–Crippen MR) is 72.5 cm³/mol. The summed E-state index contributed by atoms with van der Waals surface area (Å²) < 4.78 is 10.0. The molecule has 1 atom stereocenters. The topological polar surface area (TPSA) is 97.0 Å². The summed E-state index contributed by atoms with van der Waals surface area (Å²) in [5.41, 5.74) is 0. The molecule has 0 aromatic carbocycles. The van der Waals surface area contributed by atoms with Gasteiger partial charge in [-0.2, -0.15) is 0 Å². The van der Waals surface area contributed by atoms with Crippen molar-refractivity contribution in [3.05, 3.63) is 0 Å². The Kier molecular flexibility index (Phi) is 5.38. The second-order valence-electron chi connectivity index (χ2n) is 5.03. The van der Waals surface area contributed by atoms with Crippen LogP contribution < -0.4 is 10.6 Å². The van der Waals surface area contributed by atoms with Crippen molar-refractivity contribution < 1.29 is 23.9 Å². The van der Waals surface area contributed by atoms with Gasteiger partial charge in [0, 0.05) is 12.6 Å². The lowest BCUT2D eigenvalue weighted by Crippen LogP contribution is -2.58. The molecule has 118 valence electrons. The first-order valence-electron chi connectivity index (χ1n) is 7.20. The highest BCUT2D eigenvalue weighted by atomic mass is 16.5. The van der Waals surface area contributed by atoms with Crippen LogP contribution in [0.1, 0.15) is 19.8 Å². The average Bonchev–Trinajstić information content (AvgIpc) is 3.29. The molecule has 0 aromatic heterocycles. The second kappa shape index (κ2) is 7.26. The van der Waals surface area contributed by atoms with E-state index >= 15 is 0 Å². The number of hydrogen-bond acceptors (Lipinski definition) is 5. The highest BCUT2D eigenvalue weighted by molar-refractivity contribution is 5.88. The van der Waals surface area contributed by atoms with E-state index in [9.17, 15) is 14.4 Å². The Bertz CT molecular complexity index is 411. The Hall–Kier alpha value is -1.83. The third kappa shape index (κ3) is 4.59. The van der Waals surface area contributed by atoms with Crippen LogP contribution in [-0.2, 0) is 19.1 Å². The van der Waals surface area contributed by atoms with E-state index in [0.29, 0.717) is 13.2 Å². The molecule has 1 heterocycles. The molecule has 2 N–H and O–H groups in total. The first kappa shape index (κ1) is 15.6. The molecule has 0 aromatic rings. The molecule has 8 nitrogen and oxygen atoms in total. The van der Waals surface area contributed by atoms with Crippen molar-refractivity contribution in [2.75, 3.05) is 32.9 Å². The number of amides is 3. The summed E-state index contributed by atoms with van der Waals surface area (Å²) in [5.74, 6) is -0.707. The fraction of sp³-hybridized carbons (Fsp3) is 0.769. The number of rotatable bonds is 5. The Labute approximate surface area is 123 Å². The number of hydrogen-bond donors (Lipinski definition) is 2. The van der Waals surface area contributed by atoms with Crippen molar-refractivity contribution in [3.8, 4) is 0 Å². The minimum atomic E-state index is -0.651. The molecule has 2 rings (SSSR count). The van der Waals surface area contributed by atoms with Gasteiger partial charge in [-0.3, -0.25) is 9.59 Å². The smallest absolute Gasteiger partial charge is 0.325 e. The van der Waals surface area contributed by atoms with Crippen molar-refractivity contribution in [3.63, 3.8) is 0 Å². The van der Waals surface area contributed by atoms with Gasteiger partial charge in [-0.25, -0.2) is 4.79 Å². The van der Waals surface area contributed by atoms with E-state index in [2.05, 4.69) is 10.6 Å². The Morgan fingerprint density at radius 3 is 2.76 bits per heavy atom. The lowest BCUT2D eigenvalue weighted by atomic mass is 10.2. The lowest BCUT2D eigenvalue weighted by Gasteiger charge is -2.34. The summed E-state index contributed by atoms with van der Waals surface area (Å²) in [6.07, 6.45) is 1.96. The van der Waals surface area contributed by atoms with Gasteiger partial charge in [0.25, 0.3) is 0 Å². The van der Waals surface area contributed by atoms with Gasteiger partial charge in [0.15, 0.2) is 0 Å². The lowest BCUT2D eigenvalue weighted by molar-refractivity contribution is -0.141. The van der Waals surface area contributed by atoms with Crippen LogP contribution in [0.3, 0.4) is 0 Å². The van der Waals surface area contributed by atoms with Gasteiger partial charge < -0.3 is 25.0 Å². The maximum absolute atomic E-state index is 12.1. The zero-order valence-electron chi connectivity index (χ0n) is 12.1. The molecule has 0 radical (unpaired) electrons. The van der Waals surface area contributed by atoms with Crippen molar-refractivity contribution >= 4 is 17.9 Å². The third-order valence-electron chi connectivity index (χ3n) is 3.30. The second-order valence-corrected chi connectivity index (χ2v) is 5.03. The van der Waals surface area contributed by atoms with Crippen molar-refractivity contribution in [1.82, 2.24) is 15.5 Å². The van der Waals surface area contributed by atoms with Crippen molar-refractivity contribution in [1.29, 1.82) is 0 Å². The Morgan fingerprint density at radius 1 is 1.33 bits per heavy atom. The van der Waals surface area contributed by atoms with Gasteiger partial charge in [0.05, 0.1) is 19.8 Å². The van der Waals surface area contributed by atoms with E-state index in [-0.39, 0.29) is 31.7 Å². The molecule has 2 fully saturated rings. The van der Waals surface area contributed by atoms with Crippen molar-refractivity contribution in [2.24, 2.45) is 0 Å². The number of carbonyl (C=O) groups excluding carboxylic acids is 3. The molecule has 21 heavy (non-hydrogen) atoms. The van der Waals surface area contributed by atoms with E-state index in [1.54, 1.807) is 6.92 Å². The van der Waals surface area contributed by atoms with Gasteiger partial charge in [0.2, 0.25) is 5.91 Å². The monoisotopic (exact) mass is 299 g/mol. The van der Waals surface area contributed by atoms with Gasteiger partial charge in [-0.15, -0.1) is 0 Å². The zero-order chi connectivity index (χ0) is 15.2. The minimum Gasteiger partial charge on any atom is -0.465 e. The third-order valence-corrected chi connectivity index (χ3v) is 3.30. The van der Waals surface area contributed by atoms with Crippen LogP contribution in [0.4, 0.5) is 4.79 Å². The van der Waals surface area contributed by atoms with Gasteiger partial charge in [-0.1, -0.05) is 0 Å². The van der Waals surface area contributed by atoms with Crippen LogP contribution in [0.5, 0.6) is 0 Å². The van der Waals surface area contributed by atoms with Gasteiger partial charge in [-0.05, 0) is 19.8 Å². The maximum Gasteiger partial charge on any atom is 0.325 e. The molecule has 2 aliphatic rings. The number of ether oxygens (including phenoxy) is 2. The number of morpholine rings is 1. The summed E-state index contributed by atoms with van der Waals surface area (Å²) >= 11 is 0. The summed E-state index contributed by atoms with van der Waals surface area (Å²) in [5, 5.41) is 5.33. The molecule has 0 spiro atoms. The molecule has 1 aliphatic carbocycles. The first-order chi connectivity index (χ1) is 10.1. The van der Waals surface area contributed by atoms with Gasteiger partial charge >= 0.3 is 12.0 Å². The van der Waals surface area contributed by atoms with Crippen LogP contribution in [-0.4, -0.2) is 67.8 Å². The maximum atomic E-state index is 12.1. The SMILES string of the molecule is CCOC(=O)CNC(=O)N1CCOCC1C(=O)NC1CC1. The van der Waals surface area contributed by atoms with Crippen LogP contribution in [0.25, 0.3) is 0 Å². The fourth-order valence-corrected chi connectivity index (χ4v) is 2.05. The summed E-state index contributed by atoms with van der Waals surface area (Å²) in [6.45, 7) is 2.61. The molecule has 1 saturated heterocycles. The largest absolute Gasteiger partial charge is 0.465 e. The van der Waals surface area contributed by atoms with E-state index in [1.165, 1.54) is 4.90 Å². The molecule has 1 saturated carbocycles. The standard InChI is InChI=1S/C13H21N3O5/c1-2-21-11(17)7-14-13(19)16-5-6-20-8-10(16)12(18)15-9-3-4-9/h9-10H,2-8H2,1H3,(H,14,19)(H,15,18). The van der Waals surface area contributed by atoms with E-state index in [4.69, 9.17) is 9.47 Å². The highest BCUT2D eigenvalue weighted by Gasteiger charge is 2.35. The van der Waals surface area contributed by atoms with Crippen LogP contribution in [0.15, 0.2) is 0 Å². The number of urea groups is 1. The molecular formula is C13H21N3O5. The Balaban J connectivity index is 1.86. The molecule has 3 amide bonds. The molecular weight excluding hydrogens is 278 g/mol. The number of nitrogens with zero attached hydrogens (tertiary/aromatic N) is 1. The summed E-state index contributed by atoms with van der Waals surface area (Å²) in [6, 6.07) is -0.882. The van der Waals surface area contributed by atoms with Crippen LogP contribution in [0.2, 0.25) is 0 Å². The van der Waals surface area contributed by atoms with Crippen LogP contribution >= 0.6 is 0 Å². The average molecular weight is 299 g/mol. The number of carbonyl (C=O) groups is 3. The zero-order valence-corrected chi connectivity index (χ0v) is 12.1. The van der Waals surface area contributed by atoms with Gasteiger partial charge in [0.1, 0.15) is 12.6 Å². The molecule has 0 bridgehead atoms. The normalized spacial score (nSPS) is 21.6. The predicted octanol–water partition coefficient (Wildman–Crippen LogP) is -0.761. The number of esters is 1. The highest BCUT2D eigenvalue weighted by Crippen LogP contribution is 2.19. The molecule has 1 unspecified atom stereocenters. The van der Waals surface area contributed by atoms with E-state index in [0.717, 1.165) is 12.8 Å². The fourth-order valence-electron chi connectivity index (χ4n) is 2.05. The quantitative estimate of drug-likeness (QED) is 0.650. The number of nitrogens with one attached hydrogen (secondary N) is 2. The summed E-state index contributed by atoms with van der Waals surface area (Å²) in [4.78, 5) is 36.8. The van der Waals surface area contributed by atoms with E-state index < -0.39 is 18.0 Å². The first-order valence-corrected chi connectivity index (χ1v) is 7.20. The minimum absolute atomic E-state index is 0.172. The van der Waals surface area contributed by atoms with E-state index in [1.807, 2.05) is 0 Å². The summed E-state index contributed by atoms with van der Waals surface area (Å²) in [7, 11) is 0. The van der Waals surface area contributed by atoms with Crippen LogP contribution in [0, 0.1) is 0 Å².